The Hall–Kier alpha value is -1.89. The number of benzene rings is 1. The van der Waals surface area contributed by atoms with E-state index < -0.39 is 15.1 Å². The second kappa shape index (κ2) is 6.70. The molecule has 1 aromatic heterocycles. The molecule has 0 fully saturated rings. The monoisotopic (exact) mass is 337 g/mol. The molecule has 0 aliphatic rings. The Balaban J connectivity index is 2.26. The lowest BCUT2D eigenvalue weighted by molar-refractivity contribution is 0.519. The molecular formula is C16H23N3O3S. The largest absolute Gasteiger partial charge is 0.364 e. The first-order chi connectivity index (χ1) is 10.7. The summed E-state index contributed by atoms with van der Waals surface area (Å²) in [7, 11) is -3.10. The van der Waals surface area contributed by atoms with Crippen LogP contribution in [0.4, 0.5) is 0 Å². The van der Waals surface area contributed by atoms with Gasteiger partial charge >= 0.3 is 5.69 Å². The molecule has 6 nitrogen and oxygen atoms in total. The van der Waals surface area contributed by atoms with Crippen molar-refractivity contribution in [2.45, 2.75) is 45.9 Å². The number of nitrogens with zero attached hydrogens (tertiary/aromatic N) is 3. The lowest BCUT2D eigenvalue weighted by Crippen LogP contribution is -2.26. The predicted molar refractivity (Wildman–Crippen MR) is 90.8 cm³/mol. The second-order valence-electron chi connectivity index (χ2n) is 6.05. The lowest BCUT2D eigenvalue weighted by Gasteiger charge is -2.14. The quantitative estimate of drug-likeness (QED) is 0.806. The number of hydrogen-bond donors (Lipinski definition) is 0. The van der Waals surface area contributed by atoms with Gasteiger partial charge in [0, 0.05) is 6.54 Å². The predicted octanol–water partition coefficient (Wildman–Crippen LogP) is 1.86. The molecule has 126 valence electrons. The van der Waals surface area contributed by atoms with Crippen LogP contribution in [0.1, 0.15) is 31.4 Å². The summed E-state index contributed by atoms with van der Waals surface area (Å²) < 4.78 is 27.0. The summed E-state index contributed by atoms with van der Waals surface area (Å²) in [6.45, 7) is 7.60. The molecule has 0 saturated heterocycles. The molecule has 7 heteroatoms. The van der Waals surface area contributed by atoms with Gasteiger partial charge in [-0.3, -0.25) is 0 Å². The molecule has 0 saturated carbocycles. The Bertz CT molecular complexity index is 848. The van der Waals surface area contributed by atoms with Crippen LogP contribution in [-0.2, 0) is 16.4 Å². The maximum Gasteiger partial charge on any atom is 0.364 e. The van der Waals surface area contributed by atoms with Crippen molar-refractivity contribution < 1.29 is 8.42 Å². The van der Waals surface area contributed by atoms with Crippen LogP contribution in [0, 0.1) is 13.8 Å². The van der Waals surface area contributed by atoms with Gasteiger partial charge in [0.15, 0.2) is 9.84 Å². The summed E-state index contributed by atoms with van der Waals surface area (Å²) in [6.07, 6.45) is 1.87. The minimum absolute atomic E-state index is 0.0646. The highest BCUT2D eigenvalue weighted by Crippen LogP contribution is 2.15. The van der Waals surface area contributed by atoms with Crippen LogP contribution in [0.3, 0.4) is 0 Å². The van der Waals surface area contributed by atoms with Crippen LogP contribution in [0.15, 0.2) is 29.3 Å². The van der Waals surface area contributed by atoms with Crippen molar-refractivity contribution in [3.05, 3.63) is 46.1 Å². The maximum absolute atomic E-state index is 12.0. The van der Waals surface area contributed by atoms with Crippen LogP contribution in [0.5, 0.6) is 0 Å². The molecule has 0 spiro atoms. The zero-order valence-electron chi connectivity index (χ0n) is 14.0. The molecule has 2 aromatic rings. The van der Waals surface area contributed by atoms with E-state index in [2.05, 4.69) is 4.98 Å². The first-order valence-corrected chi connectivity index (χ1v) is 9.37. The van der Waals surface area contributed by atoms with E-state index >= 15 is 0 Å². The number of sulfone groups is 1. The smallest absolute Gasteiger partial charge is 0.244 e. The average molecular weight is 337 g/mol. The fraction of sp³-hybridized carbons (Fsp3) is 0.500. The average Bonchev–Trinajstić information content (AvgIpc) is 2.83. The van der Waals surface area contributed by atoms with E-state index in [4.69, 9.17) is 0 Å². The topological polar surface area (TPSA) is 74.0 Å². The normalized spacial score (nSPS) is 12.0. The van der Waals surface area contributed by atoms with Crippen molar-refractivity contribution in [2.24, 2.45) is 0 Å². The Morgan fingerprint density at radius 1 is 1.22 bits per heavy atom. The Morgan fingerprint density at radius 2 is 1.91 bits per heavy atom. The van der Waals surface area contributed by atoms with Gasteiger partial charge < -0.3 is 0 Å². The minimum atomic E-state index is -3.10. The Kier molecular flexibility index (Phi) is 5.09. The van der Waals surface area contributed by atoms with Gasteiger partial charge in [0.25, 0.3) is 0 Å². The van der Waals surface area contributed by atoms with Gasteiger partial charge in [-0.2, -0.15) is 4.98 Å². The summed E-state index contributed by atoms with van der Waals surface area (Å²) in [6, 6.07) is 5.98. The van der Waals surface area contributed by atoms with Crippen molar-refractivity contribution in [3.8, 4) is 5.69 Å². The van der Waals surface area contributed by atoms with E-state index in [0.717, 1.165) is 16.8 Å². The molecule has 0 aliphatic heterocycles. The minimum Gasteiger partial charge on any atom is -0.244 e. The van der Waals surface area contributed by atoms with Gasteiger partial charge in [-0.1, -0.05) is 12.1 Å². The van der Waals surface area contributed by atoms with E-state index in [-0.39, 0.29) is 11.4 Å². The highest BCUT2D eigenvalue weighted by molar-refractivity contribution is 7.91. The third-order valence-electron chi connectivity index (χ3n) is 3.89. The van der Waals surface area contributed by atoms with Crippen LogP contribution in [0.2, 0.25) is 0 Å². The summed E-state index contributed by atoms with van der Waals surface area (Å²) in [5, 5.41) is -0.400. The molecule has 0 atom stereocenters. The first-order valence-electron chi connectivity index (χ1n) is 7.66. The summed E-state index contributed by atoms with van der Waals surface area (Å²) >= 11 is 0. The zero-order chi connectivity index (χ0) is 17.2. The summed E-state index contributed by atoms with van der Waals surface area (Å²) in [5.74, 6) is 0.0646. The SMILES string of the molecule is Cc1ccc(C)c(-n2cnc(=O)n2CCCS(=O)(=O)C(C)C)c1. The van der Waals surface area contributed by atoms with E-state index in [1.54, 1.807) is 18.5 Å². The first kappa shape index (κ1) is 17.5. The maximum atomic E-state index is 12.0. The second-order valence-corrected chi connectivity index (χ2v) is 8.73. The fourth-order valence-electron chi connectivity index (χ4n) is 2.34. The van der Waals surface area contributed by atoms with E-state index in [9.17, 15) is 13.2 Å². The van der Waals surface area contributed by atoms with Gasteiger partial charge in [-0.25, -0.2) is 22.6 Å². The highest BCUT2D eigenvalue weighted by Gasteiger charge is 2.16. The lowest BCUT2D eigenvalue weighted by atomic mass is 10.1. The van der Waals surface area contributed by atoms with Gasteiger partial charge in [0.1, 0.15) is 6.33 Å². The number of hydrogen-bond acceptors (Lipinski definition) is 4. The summed E-state index contributed by atoms with van der Waals surface area (Å²) in [4.78, 5) is 15.8. The van der Waals surface area contributed by atoms with E-state index in [1.165, 1.54) is 11.0 Å². The molecule has 1 heterocycles. The number of rotatable bonds is 6. The molecule has 0 amide bonds. The van der Waals surface area contributed by atoms with E-state index in [0.29, 0.717) is 13.0 Å². The van der Waals surface area contributed by atoms with Crippen LogP contribution >= 0.6 is 0 Å². The Labute approximate surface area is 136 Å². The van der Waals surface area contributed by atoms with Crippen molar-refractivity contribution in [1.29, 1.82) is 0 Å². The number of aryl methyl sites for hydroxylation is 2. The molecule has 0 radical (unpaired) electrons. The molecule has 0 unspecified atom stereocenters. The van der Waals surface area contributed by atoms with Gasteiger partial charge in [-0.05, 0) is 51.3 Å². The third kappa shape index (κ3) is 3.90. The van der Waals surface area contributed by atoms with Crippen molar-refractivity contribution in [2.75, 3.05) is 5.75 Å². The highest BCUT2D eigenvalue weighted by atomic mass is 32.2. The molecule has 0 N–H and O–H groups in total. The van der Waals surface area contributed by atoms with Gasteiger partial charge in [-0.15, -0.1) is 0 Å². The van der Waals surface area contributed by atoms with Crippen molar-refractivity contribution in [1.82, 2.24) is 14.3 Å². The Morgan fingerprint density at radius 3 is 2.57 bits per heavy atom. The number of aromatic nitrogens is 3. The van der Waals surface area contributed by atoms with E-state index in [1.807, 2.05) is 32.0 Å². The molecule has 0 bridgehead atoms. The summed E-state index contributed by atoms with van der Waals surface area (Å²) in [5.41, 5.74) is 2.62. The molecule has 2 rings (SSSR count). The van der Waals surface area contributed by atoms with Crippen LogP contribution in [0.25, 0.3) is 5.69 Å². The third-order valence-corrected chi connectivity index (χ3v) is 6.18. The van der Waals surface area contributed by atoms with Gasteiger partial charge in [0.2, 0.25) is 0 Å². The molecule has 0 aliphatic carbocycles. The van der Waals surface area contributed by atoms with Gasteiger partial charge in [0.05, 0.1) is 16.7 Å². The molecular weight excluding hydrogens is 314 g/mol. The zero-order valence-corrected chi connectivity index (χ0v) is 14.8. The molecule has 1 aromatic carbocycles. The van der Waals surface area contributed by atoms with Crippen LogP contribution in [-0.4, -0.2) is 33.8 Å². The van der Waals surface area contributed by atoms with Crippen molar-refractivity contribution >= 4 is 9.84 Å². The van der Waals surface area contributed by atoms with Crippen molar-refractivity contribution in [3.63, 3.8) is 0 Å². The fourth-order valence-corrected chi connectivity index (χ4v) is 3.34. The standard InChI is InChI=1S/C16H23N3O3S/c1-12(2)23(21,22)9-5-8-18-16(20)17-11-19(18)15-10-13(3)6-7-14(15)4/h6-7,10-12H,5,8-9H2,1-4H3. The molecule has 23 heavy (non-hydrogen) atoms. The van der Waals surface area contributed by atoms with Crippen LogP contribution < -0.4 is 5.69 Å².